The first-order valence-corrected chi connectivity index (χ1v) is 6.34. The summed E-state index contributed by atoms with van der Waals surface area (Å²) in [5, 5.41) is 11.3. The number of aromatic nitrogens is 1. The van der Waals surface area contributed by atoms with Gasteiger partial charge in [0.05, 0.1) is 0 Å². The fourth-order valence-electron chi connectivity index (χ4n) is 1.77. The van der Waals surface area contributed by atoms with Crippen LogP contribution >= 0.6 is 0 Å². The van der Waals surface area contributed by atoms with Gasteiger partial charge in [-0.1, -0.05) is 24.0 Å². The van der Waals surface area contributed by atoms with Crippen LogP contribution in [0.1, 0.15) is 21.5 Å². The molecular formula is C16H14N2O3. The summed E-state index contributed by atoms with van der Waals surface area (Å²) in [6, 6.07) is 8.60. The van der Waals surface area contributed by atoms with Crippen LogP contribution in [0, 0.1) is 11.8 Å². The van der Waals surface area contributed by atoms with Crippen LogP contribution in [0.25, 0.3) is 0 Å². The number of H-pyrrole nitrogens is 1. The highest BCUT2D eigenvalue weighted by Gasteiger charge is 2.08. The Labute approximate surface area is 121 Å². The number of aliphatic hydroxyl groups is 1. The van der Waals surface area contributed by atoms with Gasteiger partial charge in [0.1, 0.15) is 12.2 Å². The molecule has 5 nitrogen and oxygen atoms in total. The highest BCUT2D eigenvalue weighted by molar-refractivity contribution is 5.93. The second-order valence-corrected chi connectivity index (χ2v) is 4.27. The Bertz CT molecular complexity index is 754. The van der Waals surface area contributed by atoms with E-state index in [0.29, 0.717) is 6.54 Å². The quantitative estimate of drug-likeness (QED) is 0.723. The molecule has 0 fully saturated rings. The van der Waals surface area contributed by atoms with E-state index in [9.17, 15) is 9.59 Å². The fourth-order valence-corrected chi connectivity index (χ4v) is 1.77. The second kappa shape index (κ2) is 7.08. The van der Waals surface area contributed by atoms with Crippen molar-refractivity contribution in [1.82, 2.24) is 10.3 Å². The summed E-state index contributed by atoms with van der Waals surface area (Å²) in [6.07, 6.45) is 2.85. The number of carbonyl (C=O) groups is 1. The van der Waals surface area contributed by atoms with Gasteiger partial charge in [0.2, 0.25) is 0 Å². The molecule has 5 heteroatoms. The van der Waals surface area contributed by atoms with Gasteiger partial charge in [0, 0.05) is 30.6 Å². The zero-order valence-corrected chi connectivity index (χ0v) is 11.2. The molecule has 0 spiro atoms. The molecule has 3 N–H and O–H groups in total. The van der Waals surface area contributed by atoms with E-state index in [1.807, 2.05) is 24.3 Å². The third-order valence-electron chi connectivity index (χ3n) is 2.76. The molecule has 1 aromatic carbocycles. The molecule has 0 aliphatic heterocycles. The summed E-state index contributed by atoms with van der Waals surface area (Å²) in [5.41, 5.74) is 1.37. The predicted octanol–water partition coefficient (Wildman–Crippen LogP) is 0.649. The average Bonchev–Trinajstić information content (AvgIpc) is 2.51. The SMILES string of the molecule is O=C(NCc1cccc(C#CCO)c1)c1c[nH]ccc1=O. The standard InChI is InChI=1S/C16H14N2O3/c19-8-2-5-12-3-1-4-13(9-12)10-18-16(21)14-11-17-7-6-15(14)20/h1,3-4,6-7,9,11,19H,8,10H2,(H,17,20)(H,18,21). The Hall–Kier alpha value is -2.84. The van der Waals surface area contributed by atoms with Crippen molar-refractivity contribution < 1.29 is 9.90 Å². The van der Waals surface area contributed by atoms with Gasteiger partial charge in [-0.05, 0) is 17.7 Å². The monoisotopic (exact) mass is 282 g/mol. The number of nitrogens with one attached hydrogen (secondary N) is 2. The van der Waals surface area contributed by atoms with Crippen LogP contribution in [0.3, 0.4) is 0 Å². The van der Waals surface area contributed by atoms with E-state index in [1.54, 1.807) is 0 Å². The minimum atomic E-state index is -0.427. The van der Waals surface area contributed by atoms with E-state index < -0.39 is 5.91 Å². The molecule has 0 saturated heterocycles. The van der Waals surface area contributed by atoms with Gasteiger partial charge < -0.3 is 15.4 Å². The lowest BCUT2D eigenvalue weighted by Crippen LogP contribution is -2.27. The van der Waals surface area contributed by atoms with E-state index in [2.05, 4.69) is 22.1 Å². The molecule has 21 heavy (non-hydrogen) atoms. The molecule has 0 aliphatic carbocycles. The van der Waals surface area contributed by atoms with E-state index >= 15 is 0 Å². The van der Waals surface area contributed by atoms with Gasteiger partial charge in [-0.15, -0.1) is 0 Å². The Morgan fingerprint density at radius 3 is 2.95 bits per heavy atom. The van der Waals surface area contributed by atoms with Crippen LogP contribution in [0.4, 0.5) is 0 Å². The normalized spacial score (nSPS) is 9.57. The first-order chi connectivity index (χ1) is 10.2. The number of rotatable bonds is 3. The number of aromatic amines is 1. The Balaban J connectivity index is 2.05. The third kappa shape index (κ3) is 4.06. The molecule has 2 aromatic rings. The summed E-state index contributed by atoms with van der Waals surface area (Å²) >= 11 is 0. The van der Waals surface area contributed by atoms with Crippen LogP contribution in [0.2, 0.25) is 0 Å². The molecule has 0 bridgehead atoms. The topological polar surface area (TPSA) is 82.2 Å². The van der Waals surface area contributed by atoms with Crippen LogP contribution in [0.15, 0.2) is 47.5 Å². The van der Waals surface area contributed by atoms with Crippen molar-refractivity contribution >= 4 is 5.91 Å². The summed E-state index contributed by atoms with van der Waals surface area (Å²) in [5.74, 6) is 4.93. The van der Waals surface area contributed by atoms with Crippen LogP contribution in [-0.2, 0) is 6.54 Å². The number of aliphatic hydroxyl groups excluding tert-OH is 1. The molecule has 1 heterocycles. The van der Waals surface area contributed by atoms with E-state index in [-0.39, 0.29) is 17.6 Å². The molecular weight excluding hydrogens is 268 g/mol. The molecule has 106 valence electrons. The fraction of sp³-hybridized carbons (Fsp3) is 0.125. The zero-order chi connectivity index (χ0) is 15.1. The van der Waals surface area contributed by atoms with Crippen molar-refractivity contribution in [3.8, 4) is 11.8 Å². The molecule has 0 unspecified atom stereocenters. The smallest absolute Gasteiger partial charge is 0.257 e. The van der Waals surface area contributed by atoms with Crippen molar-refractivity contribution in [2.75, 3.05) is 6.61 Å². The van der Waals surface area contributed by atoms with Gasteiger partial charge in [0.25, 0.3) is 5.91 Å². The summed E-state index contributed by atoms with van der Waals surface area (Å²) in [6.45, 7) is 0.0968. The number of hydrogen-bond acceptors (Lipinski definition) is 3. The van der Waals surface area contributed by atoms with Crippen LogP contribution < -0.4 is 10.7 Å². The van der Waals surface area contributed by atoms with Gasteiger partial charge >= 0.3 is 0 Å². The van der Waals surface area contributed by atoms with Gasteiger partial charge in [-0.2, -0.15) is 0 Å². The van der Waals surface area contributed by atoms with E-state index in [1.165, 1.54) is 18.5 Å². The lowest BCUT2D eigenvalue weighted by molar-refractivity contribution is 0.0949. The molecule has 0 aliphatic rings. The minimum absolute atomic E-state index is 0.0775. The number of carbonyl (C=O) groups excluding carboxylic acids is 1. The summed E-state index contributed by atoms with van der Waals surface area (Å²) in [4.78, 5) is 26.1. The van der Waals surface area contributed by atoms with Crippen molar-refractivity contribution in [3.05, 3.63) is 69.6 Å². The van der Waals surface area contributed by atoms with Gasteiger partial charge in [-0.3, -0.25) is 9.59 Å². The second-order valence-electron chi connectivity index (χ2n) is 4.27. The molecule has 0 saturated carbocycles. The lowest BCUT2D eigenvalue weighted by atomic mass is 10.1. The van der Waals surface area contributed by atoms with Crippen molar-refractivity contribution in [3.63, 3.8) is 0 Å². The Kier molecular flexibility index (Phi) is 4.91. The molecule has 1 amide bonds. The molecule has 2 rings (SSSR count). The Morgan fingerprint density at radius 2 is 2.19 bits per heavy atom. The lowest BCUT2D eigenvalue weighted by Gasteiger charge is -2.05. The van der Waals surface area contributed by atoms with Crippen molar-refractivity contribution in [1.29, 1.82) is 0 Å². The largest absolute Gasteiger partial charge is 0.384 e. The zero-order valence-electron chi connectivity index (χ0n) is 11.2. The first-order valence-electron chi connectivity index (χ1n) is 6.34. The molecule has 1 aromatic heterocycles. The maximum atomic E-state index is 11.9. The number of amides is 1. The van der Waals surface area contributed by atoms with Crippen molar-refractivity contribution in [2.45, 2.75) is 6.54 Å². The van der Waals surface area contributed by atoms with Crippen molar-refractivity contribution in [2.24, 2.45) is 0 Å². The summed E-state index contributed by atoms with van der Waals surface area (Å²) < 4.78 is 0. The van der Waals surface area contributed by atoms with Crippen LogP contribution in [-0.4, -0.2) is 22.6 Å². The molecule has 0 atom stereocenters. The highest BCUT2D eigenvalue weighted by Crippen LogP contribution is 2.04. The van der Waals surface area contributed by atoms with Gasteiger partial charge in [-0.25, -0.2) is 0 Å². The highest BCUT2D eigenvalue weighted by atomic mass is 16.2. The maximum Gasteiger partial charge on any atom is 0.257 e. The third-order valence-corrected chi connectivity index (χ3v) is 2.76. The average molecular weight is 282 g/mol. The summed E-state index contributed by atoms with van der Waals surface area (Å²) in [7, 11) is 0. The number of pyridine rings is 1. The predicted molar refractivity (Wildman–Crippen MR) is 78.6 cm³/mol. The van der Waals surface area contributed by atoms with Crippen LogP contribution in [0.5, 0.6) is 0 Å². The first kappa shape index (κ1) is 14.6. The maximum absolute atomic E-state index is 11.9. The van der Waals surface area contributed by atoms with E-state index in [4.69, 9.17) is 5.11 Å². The van der Waals surface area contributed by atoms with Gasteiger partial charge in [0.15, 0.2) is 5.43 Å². The minimum Gasteiger partial charge on any atom is -0.384 e. The Morgan fingerprint density at radius 1 is 1.33 bits per heavy atom. The van der Waals surface area contributed by atoms with E-state index in [0.717, 1.165) is 11.1 Å². The number of benzene rings is 1. The number of hydrogen-bond donors (Lipinski definition) is 3. The molecule has 0 radical (unpaired) electrons.